The summed E-state index contributed by atoms with van der Waals surface area (Å²) >= 11 is 0. The molecule has 2 aromatic rings. The van der Waals surface area contributed by atoms with Crippen LogP contribution in [0.1, 0.15) is 58.6 Å². The van der Waals surface area contributed by atoms with Gasteiger partial charge in [0.1, 0.15) is 0 Å². The van der Waals surface area contributed by atoms with E-state index in [0.29, 0.717) is 6.04 Å². The molecule has 2 saturated carbocycles. The fraction of sp³-hybridized carbons (Fsp3) is 0.579. The molecule has 1 amide bonds. The number of fused-ring (bicyclic) bond motifs is 1. The third-order valence-electron chi connectivity index (χ3n) is 5.35. The van der Waals surface area contributed by atoms with Crippen LogP contribution in [0.2, 0.25) is 0 Å². The Balaban J connectivity index is 0.00000156. The van der Waals surface area contributed by atoms with E-state index in [0.717, 1.165) is 23.4 Å². The topological polar surface area (TPSA) is 46.9 Å². The van der Waals surface area contributed by atoms with Crippen LogP contribution in [0.15, 0.2) is 18.2 Å². The zero-order valence-electron chi connectivity index (χ0n) is 13.5. The summed E-state index contributed by atoms with van der Waals surface area (Å²) in [4.78, 5) is 17.1. The lowest BCUT2D eigenvalue weighted by Crippen LogP contribution is -2.23. The van der Waals surface area contributed by atoms with E-state index in [9.17, 15) is 4.79 Å². The molecule has 2 fully saturated rings. The van der Waals surface area contributed by atoms with Crippen molar-refractivity contribution in [3.63, 3.8) is 0 Å². The highest BCUT2D eigenvalue weighted by molar-refractivity contribution is 5.95. The van der Waals surface area contributed by atoms with Crippen molar-refractivity contribution in [1.29, 1.82) is 0 Å². The van der Waals surface area contributed by atoms with Gasteiger partial charge < -0.3 is 4.57 Å². The molecule has 4 rings (SSSR count). The van der Waals surface area contributed by atoms with Crippen molar-refractivity contribution in [1.82, 2.24) is 9.55 Å². The van der Waals surface area contributed by atoms with Crippen molar-refractivity contribution < 1.29 is 4.79 Å². The van der Waals surface area contributed by atoms with Crippen molar-refractivity contribution >= 4 is 22.9 Å². The Labute approximate surface area is 138 Å². The number of hydrogen-bond donors (Lipinski definition) is 1. The Hall–Kier alpha value is -1.84. The van der Waals surface area contributed by atoms with Gasteiger partial charge in [0.05, 0.1) is 11.0 Å². The van der Waals surface area contributed by atoms with E-state index < -0.39 is 0 Å². The van der Waals surface area contributed by atoms with Crippen molar-refractivity contribution in [2.24, 2.45) is 11.3 Å². The van der Waals surface area contributed by atoms with Gasteiger partial charge >= 0.3 is 0 Å². The molecule has 4 nitrogen and oxygen atoms in total. The van der Waals surface area contributed by atoms with E-state index in [1.54, 1.807) is 0 Å². The normalized spacial score (nSPS) is 22.3. The van der Waals surface area contributed by atoms with Gasteiger partial charge in [0.25, 0.3) is 0 Å². The minimum absolute atomic E-state index is 0. The molecule has 2 aliphatic rings. The van der Waals surface area contributed by atoms with E-state index in [-0.39, 0.29) is 24.7 Å². The Bertz CT molecular complexity index is 755. The Morgan fingerprint density at radius 1 is 1.35 bits per heavy atom. The largest absolute Gasteiger partial charge is 0.307 e. The molecule has 4 heteroatoms. The first kappa shape index (κ1) is 16.0. The predicted octanol–water partition coefficient (Wildman–Crippen LogP) is 4.69. The van der Waals surface area contributed by atoms with E-state index in [1.807, 2.05) is 0 Å². The molecule has 0 bridgehead atoms. The summed E-state index contributed by atoms with van der Waals surface area (Å²) in [5.74, 6) is 0.986. The maximum absolute atomic E-state index is 12.5. The molecule has 0 aliphatic heterocycles. The number of aryl methyl sites for hydroxylation is 1. The van der Waals surface area contributed by atoms with Crippen LogP contribution in [0.25, 0.3) is 11.0 Å². The predicted molar refractivity (Wildman–Crippen MR) is 94.6 cm³/mol. The van der Waals surface area contributed by atoms with E-state index in [1.165, 1.54) is 24.8 Å². The summed E-state index contributed by atoms with van der Waals surface area (Å²) in [5.41, 5.74) is 3.50. The van der Waals surface area contributed by atoms with E-state index >= 15 is 0 Å². The average molecular weight is 313 g/mol. The highest BCUT2D eigenvalue weighted by atomic mass is 16.2. The number of anilines is 1. The molecule has 0 spiro atoms. The number of hydrogen-bond acceptors (Lipinski definition) is 2. The zero-order valence-corrected chi connectivity index (χ0v) is 13.5. The fourth-order valence-electron chi connectivity index (χ4n) is 3.42. The van der Waals surface area contributed by atoms with Gasteiger partial charge in [-0.1, -0.05) is 27.3 Å². The average Bonchev–Trinajstić information content (AvgIpc) is 2.91. The van der Waals surface area contributed by atoms with Crippen LogP contribution in [-0.4, -0.2) is 15.5 Å². The quantitative estimate of drug-likeness (QED) is 0.893. The smallest absolute Gasteiger partial charge is 0.230 e. The molecule has 2 aliphatic carbocycles. The highest BCUT2D eigenvalue weighted by Gasteiger charge is 2.50. The number of nitrogens with one attached hydrogen (secondary N) is 1. The second-order valence-corrected chi connectivity index (χ2v) is 7.62. The number of rotatable bonds is 3. The summed E-state index contributed by atoms with van der Waals surface area (Å²) in [5, 5.41) is 3.10. The van der Waals surface area contributed by atoms with Gasteiger partial charge in [-0.2, -0.15) is 0 Å². The van der Waals surface area contributed by atoms with Gasteiger partial charge in [-0.15, -0.1) is 0 Å². The van der Waals surface area contributed by atoms with E-state index in [4.69, 9.17) is 0 Å². The van der Waals surface area contributed by atoms with Gasteiger partial charge in [-0.3, -0.25) is 10.1 Å². The third-order valence-corrected chi connectivity index (χ3v) is 5.35. The van der Waals surface area contributed by atoms with Crippen LogP contribution in [0.5, 0.6) is 0 Å². The summed E-state index contributed by atoms with van der Waals surface area (Å²) < 4.78 is 2.25. The van der Waals surface area contributed by atoms with Crippen molar-refractivity contribution in [2.75, 3.05) is 5.32 Å². The number of carbonyl (C=O) groups excluding carboxylic acids is 1. The van der Waals surface area contributed by atoms with Gasteiger partial charge in [0.2, 0.25) is 11.9 Å². The molecule has 0 unspecified atom stereocenters. The van der Waals surface area contributed by atoms with Crippen LogP contribution in [-0.2, 0) is 4.79 Å². The molecule has 124 valence electrons. The van der Waals surface area contributed by atoms with Gasteiger partial charge in [0, 0.05) is 12.0 Å². The van der Waals surface area contributed by atoms with Crippen molar-refractivity contribution in [2.45, 2.75) is 59.9 Å². The lowest BCUT2D eigenvalue weighted by atomic mass is 9.92. The van der Waals surface area contributed by atoms with Crippen LogP contribution in [0.4, 0.5) is 5.95 Å². The van der Waals surface area contributed by atoms with Crippen LogP contribution < -0.4 is 5.32 Å². The standard InChI is InChI=1S/C18H23N3O.CH4/c1-11-7-8-14-15(9-11)21(12-5-4-6-12)17(19-14)20-16(22)13-10-18(13,2)3;/h7-9,12-13H,4-6,10H2,1-3H3,(H,19,20,22);1H4/t13-;/m1./s1. The summed E-state index contributed by atoms with van der Waals surface area (Å²) in [6.07, 6.45) is 4.59. The number of imidazole rings is 1. The van der Waals surface area contributed by atoms with Crippen LogP contribution in [0, 0.1) is 18.3 Å². The fourth-order valence-corrected chi connectivity index (χ4v) is 3.42. The maximum atomic E-state index is 12.5. The summed E-state index contributed by atoms with van der Waals surface area (Å²) in [6, 6.07) is 6.79. The molecule has 1 aromatic carbocycles. The lowest BCUT2D eigenvalue weighted by molar-refractivity contribution is -0.118. The molecular weight excluding hydrogens is 286 g/mol. The minimum Gasteiger partial charge on any atom is -0.307 e. The molecule has 1 heterocycles. The first-order valence-corrected chi connectivity index (χ1v) is 8.25. The van der Waals surface area contributed by atoms with Gasteiger partial charge in [-0.05, 0) is 55.7 Å². The number of carbonyl (C=O) groups is 1. The summed E-state index contributed by atoms with van der Waals surface area (Å²) in [6.45, 7) is 6.40. The number of nitrogens with zero attached hydrogens (tertiary/aromatic N) is 2. The van der Waals surface area contributed by atoms with Gasteiger partial charge in [-0.25, -0.2) is 4.98 Å². The minimum atomic E-state index is 0. The van der Waals surface area contributed by atoms with Crippen molar-refractivity contribution in [3.8, 4) is 0 Å². The first-order valence-electron chi connectivity index (χ1n) is 8.25. The zero-order chi connectivity index (χ0) is 15.5. The van der Waals surface area contributed by atoms with Crippen LogP contribution >= 0.6 is 0 Å². The Morgan fingerprint density at radius 2 is 2.04 bits per heavy atom. The van der Waals surface area contributed by atoms with Crippen LogP contribution in [0.3, 0.4) is 0 Å². The summed E-state index contributed by atoms with van der Waals surface area (Å²) in [7, 11) is 0. The molecule has 1 N–H and O–H groups in total. The molecule has 1 aromatic heterocycles. The Morgan fingerprint density at radius 3 is 2.61 bits per heavy atom. The lowest BCUT2D eigenvalue weighted by Gasteiger charge is -2.29. The van der Waals surface area contributed by atoms with Crippen molar-refractivity contribution in [3.05, 3.63) is 23.8 Å². The molecule has 0 saturated heterocycles. The highest BCUT2D eigenvalue weighted by Crippen LogP contribution is 2.52. The van der Waals surface area contributed by atoms with E-state index in [2.05, 4.69) is 53.8 Å². The number of benzene rings is 1. The SMILES string of the molecule is C.Cc1ccc2nc(NC(=O)[C@H]3CC3(C)C)n(C3CCC3)c2c1. The number of aromatic nitrogens is 2. The molecule has 0 radical (unpaired) electrons. The molecule has 23 heavy (non-hydrogen) atoms. The molecule has 1 atom stereocenters. The Kier molecular flexibility index (Phi) is 3.74. The second-order valence-electron chi connectivity index (χ2n) is 7.62. The maximum Gasteiger partial charge on any atom is 0.230 e. The first-order chi connectivity index (χ1) is 10.5. The number of amides is 1. The third kappa shape index (κ3) is 2.64. The monoisotopic (exact) mass is 313 g/mol. The van der Waals surface area contributed by atoms with Gasteiger partial charge in [0.15, 0.2) is 0 Å². The molecular formula is C19H27N3O. The second kappa shape index (κ2) is 5.36.